The van der Waals surface area contributed by atoms with Crippen molar-refractivity contribution in [2.24, 2.45) is 0 Å². The Kier molecular flexibility index (Phi) is 3.82. The van der Waals surface area contributed by atoms with Crippen LogP contribution in [0, 0.1) is 20.8 Å². The number of hydrogen-bond donors (Lipinski definition) is 0. The first-order valence-corrected chi connectivity index (χ1v) is 8.75. The summed E-state index contributed by atoms with van der Waals surface area (Å²) in [6.45, 7) is 10.1. The zero-order valence-corrected chi connectivity index (χ0v) is 14.7. The molecule has 0 N–H and O–H groups in total. The molecule has 24 heavy (non-hydrogen) atoms. The van der Waals surface area contributed by atoms with E-state index in [0.29, 0.717) is 5.92 Å². The van der Waals surface area contributed by atoms with Gasteiger partial charge in [-0.2, -0.15) is 0 Å². The minimum absolute atomic E-state index is 0.594. The lowest BCUT2D eigenvalue weighted by atomic mass is 10.2. The van der Waals surface area contributed by atoms with E-state index in [2.05, 4.69) is 44.7 Å². The van der Waals surface area contributed by atoms with E-state index in [9.17, 15) is 0 Å². The van der Waals surface area contributed by atoms with Gasteiger partial charge in [-0.05, 0) is 33.6 Å². The Morgan fingerprint density at radius 1 is 0.917 bits per heavy atom. The molecule has 0 spiro atoms. The van der Waals surface area contributed by atoms with Crippen molar-refractivity contribution in [2.45, 2.75) is 39.5 Å². The molecule has 126 valence electrons. The molecule has 2 aliphatic rings. The lowest BCUT2D eigenvalue weighted by Crippen LogP contribution is -2.47. The van der Waals surface area contributed by atoms with Gasteiger partial charge in [0.25, 0.3) is 0 Å². The molecule has 0 radical (unpaired) electrons. The van der Waals surface area contributed by atoms with Crippen LogP contribution >= 0.6 is 0 Å². The van der Waals surface area contributed by atoms with Gasteiger partial charge in [-0.3, -0.25) is 0 Å². The molecular weight excluding hydrogens is 300 g/mol. The third kappa shape index (κ3) is 2.92. The van der Waals surface area contributed by atoms with Gasteiger partial charge in [-0.25, -0.2) is 19.9 Å². The summed E-state index contributed by atoms with van der Waals surface area (Å²) in [4.78, 5) is 22.9. The molecule has 0 amide bonds. The van der Waals surface area contributed by atoms with Crippen molar-refractivity contribution in [3.63, 3.8) is 0 Å². The van der Waals surface area contributed by atoms with E-state index in [1.54, 1.807) is 6.33 Å². The molecule has 1 aliphatic heterocycles. The molecule has 1 saturated carbocycles. The van der Waals surface area contributed by atoms with Gasteiger partial charge in [0, 0.05) is 55.1 Å². The van der Waals surface area contributed by atoms with Crippen molar-refractivity contribution in [1.29, 1.82) is 0 Å². The lowest BCUT2D eigenvalue weighted by Gasteiger charge is -2.36. The SMILES string of the molecule is Cc1cc(N2CCN(c3ncnc(C)c3C)CC2)nc(C2CC2)n1. The van der Waals surface area contributed by atoms with Crippen LogP contribution in [-0.4, -0.2) is 46.1 Å². The van der Waals surface area contributed by atoms with Crippen LogP contribution in [0.4, 0.5) is 11.6 Å². The summed E-state index contributed by atoms with van der Waals surface area (Å²) in [5.74, 6) is 3.78. The quantitative estimate of drug-likeness (QED) is 0.864. The summed E-state index contributed by atoms with van der Waals surface area (Å²) in [5, 5.41) is 0. The maximum absolute atomic E-state index is 4.82. The highest BCUT2D eigenvalue weighted by Crippen LogP contribution is 2.38. The largest absolute Gasteiger partial charge is 0.353 e. The van der Waals surface area contributed by atoms with Crippen LogP contribution in [0.25, 0.3) is 0 Å². The van der Waals surface area contributed by atoms with Gasteiger partial charge in [0.15, 0.2) is 0 Å². The zero-order chi connectivity index (χ0) is 16.7. The predicted molar refractivity (Wildman–Crippen MR) is 94.7 cm³/mol. The van der Waals surface area contributed by atoms with Crippen LogP contribution in [0.2, 0.25) is 0 Å². The van der Waals surface area contributed by atoms with Gasteiger partial charge in [0.05, 0.1) is 0 Å². The summed E-state index contributed by atoms with van der Waals surface area (Å²) >= 11 is 0. The molecule has 0 atom stereocenters. The highest BCUT2D eigenvalue weighted by molar-refractivity contribution is 5.50. The lowest BCUT2D eigenvalue weighted by molar-refractivity contribution is 0.636. The molecule has 2 aromatic rings. The number of rotatable bonds is 3. The van der Waals surface area contributed by atoms with E-state index < -0.39 is 0 Å². The van der Waals surface area contributed by atoms with Gasteiger partial charge in [-0.15, -0.1) is 0 Å². The van der Waals surface area contributed by atoms with Crippen LogP contribution in [0.15, 0.2) is 12.4 Å². The van der Waals surface area contributed by atoms with Crippen LogP contribution in [0.3, 0.4) is 0 Å². The van der Waals surface area contributed by atoms with E-state index in [-0.39, 0.29) is 0 Å². The average molecular weight is 324 g/mol. The second-order valence-corrected chi connectivity index (χ2v) is 6.88. The molecule has 4 rings (SSSR count). The number of aryl methyl sites for hydroxylation is 2. The van der Waals surface area contributed by atoms with Crippen LogP contribution in [-0.2, 0) is 0 Å². The molecular formula is C18H24N6. The molecule has 0 unspecified atom stereocenters. The summed E-state index contributed by atoms with van der Waals surface area (Å²) in [5.41, 5.74) is 3.31. The number of anilines is 2. The first-order chi connectivity index (χ1) is 11.6. The average Bonchev–Trinajstić information content (AvgIpc) is 3.42. The second kappa shape index (κ2) is 6.00. The van der Waals surface area contributed by atoms with Crippen LogP contribution < -0.4 is 9.80 Å². The Morgan fingerprint density at radius 3 is 2.33 bits per heavy atom. The fourth-order valence-corrected chi connectivity index (χ4v) is 3.25. The first-order valence-electron chi connectivity index (χ1n) is 8.75. The maximum Gasteiger partial charge on any atom is 0.135 e. The first kappa shape index (κ1) is 15.3. The van der Waals surface area contributed by atoms with Gasteiger partial charge < -0.3 is 9.80 Å². The Balaban J connectivity index is 1.49. The highest BCUT2D eigenvalue weighted by atomic mass is 15.3. The Labute approximate surface area is 143 Å². The molecule has 0 bridgehead atoms. The smallest absolute Gasteiger partial charge is 0.135 e. The van der Waals surface area contributed by atoms with E-state index >= 15 is 0 Å². The van der Waals surface area contributed by atoms with Crippen LogP contribution in [0.5, 0.6) is 0 Å². The van der Waals surface area contributed by atoms with Gasteiger partial charge >= 0.3 is 0 Å². The van der Waals surface area contributed by atoms with E-state index in [4.69, 9.17) is 4.98 Å². The van der Waals surface area contributed by atoms with Crippen molar-refractivity contribution in [2.75, 3.05) is 36.0 Å². The summed E-state index contributed by atoms with van der Waals surface area (Å²) in [6, 6.07) is 2.11. The fourth-order valence-electron chi connectivity index (χ4n) is 3.25. The number of hydrogen-bond acceptors (Lipinski definition) is 6. The minimum Gasteiger partial charge on any atom is -0.353 e. The number of piperazine rings is 1. The summed E-state index contributed by atoms with van der Waals surface area (Å²) in [6.07, 6.45) is 4.14. The van der Waals surface area contributed by atoms with Crippen LogP contribution in [0.1, 0.15) is 41.5 Å². The summed E-state index contributed by atoms with van der Waals surface area (Å²) < 4.78 is 0. The van der Waals surface area contributed by atoms with Gasteiger partial charge in [0.1, 0.15) is 23.8 Å². The van der Waals surface area contributed by atoms with Crippen molar-refractivity contribution >= 4 is 11.6 Å². The number of aromatic nitrogens is 4. The fraction of sp³-hybridized carbons (Fsp3) is 0.556. The summed E-state index contributed by atoms with van der Waals surface area (Å²) in [7, 11) is 0. The second-order valence-electron chi connectivity index (χ2n) is 6.88. The van der Waals surface area contributed by atoms with Gasteiger partial charge in [0.2, 0.25) is 0 Å². The molecule has 2 fully saturated rings. The van der Waals surface area contributed by atoms with E-state index in [1.165, 1.54) is 18.4 Å². The highest BCUT2D eigenvalue weighted by Gasteiger charge is 2.28. The van der Waals surface area contributed by atoms with Crippen molar-refractivity contribution in [1.82, 2.24) is 19.9 Å². The molecule has 6 heteroatoms. The molecule has 1 aliphatic carbocycles. The maximum atomic E-state index is 4.82. The van der Waals surface area contributed by atoms with Crippen molar-refractivity contribution < 1.29 is 0 Å². The number of nitrogens with zero attached hydrogens (tertiary/aromatic N) is 6. The molecule has 6 nitrogen and oxygen atoms in total. The van der Waals surface area contributed by atoms with Gasteiger partial charge in [-0.1, -0.05) is 0 Å². The van der Waals surface area contributed by atoms with Crippen molar-refractivity contribution in [3.8, 4) is 0 Å². The standard InChI is InChI=1S/C18H24N6/c1-12-10-16(22-17(21-12)15-4-5-15)23-6-8-24(9-7-23)18-13(2)14(3)19-11-20-18/h10-11,15H,4-9H2,1-3H3. The molecule has 1 saturated heterocycles. The minimum atomic E-state index is 0.594. The normalized spacial score (nSPS) is 18.1. The molecule has 3 heterocycles. The Bertz CT molecular complexity index is 747. The topological polar surface area (TPSA) is 58.0 Å². The van der Waals surface area contributed by atoms with E-state index in [1.807, 2.05) is 6.92 Å². The van der Waals surface area contributed by atoms with E-state index in [0.717, 1.165) is 55.0 Å². The monoisotopic (exact) mass is 324 g/mol. The molecule has 2 aromatic heterocycles. The third-order valence-corrected chi connectivity index (χ3v) is 5.01. The predicted octanol–water partition coefficient (Wildman–Crippen LogP) is 2.40. The zero-order valence-electron chi connectivity index (χ0n) is 14.7. The Morgan fingerprint density at radius 2 is 1.62 bits per heavy atom. The Hall–Kier alpha value is -2.24. The molecule has 0 aromatic carbocycles. The third-order valence-electron chi connectivity index (χ3n) is 5.01. The van der Waals surface area contributed by atoms with Crippen molar-refractivity contribution in [3.05, 3.63) is 35.2 Å².